The summed E-state index contributed by atoms with van der Waals surface area (Å²) in [6, 6.07) is 76.0. The smallest absolute Gasteiger partial charge is 0.159 e. The molecule has 378 valence electrons. The largest absolute Gasteiger partial charge is 0.454 e. The number of benzene rings is 11. The standard InChI is InChI=1S/C74H55N3O2/c1-8-57-59-21-14-23-65(72(59)78-69(57)9-2)75(53-18-12-16-44(3)34-53)55-32-28-47-38-61-63-40-51(46-26-30-52(31-27-46)74(5,6)7)41-64-62-39-48-29-33-56(37-50(48)43-68(62)77(71(63)64)67(61)42-49(47)36-55)76(54-19-13-17-45(4)35-54)66-24-15-22-60-58-20-10-11-25-70(58)79-73(60)66/h8-43H,1-2H2,3-7H3. The molecule has 0 atom stereocenters. The van der Waals surface area contributed by atoms with Crippen LogP contribution in [0.5, 0.6) is 0 Å². The first-order chi connectivity index (χ1) is 38.5. The Balaban J connectivity index is 0.973. The summed E-state index contributed by atoms with van der Waals surface area (Å²) in [4.78, 5) is 4.67. The van der Waals surface area contributed by atoms with Crippen LogP contribution in [0, 0.1) is 13.8 Å². The molecule has 0 fully saturated rings. The highest BCUT2D eigenvalue weighted by atomic mass is 16.3. The van der Waals surface area contributed by atoms with E-state index in [2.05, 4.69) is 262 Å². The number of rotatable bonds is 9. The summed E-state index contributed by atoms with van der Waals surface area (Å²) in [5.74, 6) is 0.707. The second-order valence-electron chi connectivity index (χ2n) is 22.4. The average Bonchev–Trinajstić information content (AvgIpc) is 2.69. The maximum Gasteiger partial charge on any atom is 0.159 e. The van der Waals surface area contributed by atoms with Gasteiger partial charge in [0.1, 0.15) is 11.3 Å². The predicted octanol–water partition coefficient (Wildman–Crippen LogP) is 21.6. The van der Waals surface area contributed by atoms with E-state index in [1.54, 1.807) is 6.08 Å². The van der Waals surface area contributed by atoms with Crippen molar-refractivity contribution in [1.29, 1.82) is 0 Å². The van der Waals surface area contributed by atoms with Gasteiger partial charge >= 0.3 is 0 Å². The van der Waals surface area contributed by atoms with E-state index < -0.39 is 0 Å². The van der Waals surface area contributed by atoms with Gasteiger partial charge in [0.2, 0.25) is 0 Å². The fourth-order valence-corrected chi connectivity index (χ4v) is 12.6. The van der Waals surface area contributed by atoms with Crippen molar-refractivity contribution in [3.63, 3.8) is 0 Å². The topological polar surface area (TPSA) is 37.2 Å². The van der Waals surface area contributed by atoms with Gasteiger partial charge in [0.15, 0.2) is 11.2 Å². The van der Waals surface area contributed by atoms with E-state index >= 15 is 0 Å². The molecule has 0 amide bonds. The van der Waals surface area contributed by atoms with Gasteiger partial charge in [0, 0.05) is 66.0 Å². The zero-order chi connectivity index (χ0) is 53.4. The Kier molecular flexibility index (Phi) is 10.2. The molecule has 0 radical (unpaired) electrons. The number of aryl methyl sites for hydroxylation is 2. The summed E-state index contributed by atoms with van der Waals surface area (Å²) in [7, 11) is 0. The zero-order valence-electron chi connectivity index (χ0n) is 44.9. The fourth-order valence-electron chi connectivity index (χ4n) is 12.6. The summed E-state index contributed by atoms with van der Waals surface area (Å²) in [6.07, 6.45) is 3.63. The molecule has 0 spiro atoms. The molecule has 15 rings (SSSR count). The molecule has 11 aromatic carbocycles. The molecule has 15 aromatic rings. The van der Waals surface area contributed by atoms with Crippen LogP contribution in [0.15, 0.2) is 228 Å². The molecule has 0 bridgehead atoms. The summed E-state index contributed by atoms with van der Waals surface area (Å²) >= 11 is 0. The maximum atomic E-state index is 6.72. The van der Waals surface area contributed by atoms with Crippen molar-refractivity contribution in [2.24, 2.45) is 0 Å². The number of hydrogen-bond donors (Lipinski definition) is 0. The number of para-hydroxylation sites is 3. The Morgan fingerprint density at radius 2 is 0.949 bits per heavy atom. The van der Waals surface area contributed by atoms with Crippen molar-refractivity contribution in [2.75, 3.05) is 9.80 Å². The van der Waals surface area contributed by atoms with Gasteiger partial charge in [-0.15, -0.1) is 0 Å². The van der Waals surface area contributed by atoms with Crippen LogP contribution in [0.25, 0.3) is 116 Å². The van der Waals surface area contributed by atoms with E-state index in [4.69, 9.17) is 8.83 Å². The van der Waals surface area contributed by atoms with Crippen LogP contribution in [0.3, 0.4) is 0 Å². The molecule has 0 unspecified atom stereocenters. The van der Waals surface area contributed by atoms with E-state index in [1.807, 2.05) is 12.1 Å². The molecular weight excluding hydrogens is 963 g/mol. The van der Waals surface area contributed by atoms with Gasteiger partial charge in [-0.2, -0.15) is 0 Å². The number of aromatic nitrogens is 1. The molecule has 0 N–H and O–H groups in total. The lowest BCUT2D eigenvalue weighted by Crippen LogP contribution is -2.10. The molecule has 0 aliphatic carbocycles. The lowest BCUT2D eigenvalue weighted by molar-refractivity contribution is 0.590. The Labute approximate surface area is 458 Å². The molecule has 79 heavy (non-hydrogen) atoms. The van der Waals surface area contributed by atoms with Crippen LogP contribution in [0.4, 0.5) is 34.1 Å². The van der Waals surface area contributed by atoms with Crippen molar-refractivity contribution in [2.45, 2.75) is 40.0 Å². The Hall–Kier alpha value is -9.84. The van der Waals surface area contributed by atoms with E-state index in [0.717, 1.165) is 88.9 Å². The molecule has 0 aliphatic heterocycles. The third-order valence-corrected chi connectivity index (χ3v) is 16.4. The van der Waals surface area contributed by atoms with Crippen molar-refractivity contribution in [1.82, 2.24) is 4.40 Å². The monoisotopic (exact) mass is 1020 g/mol. The summed E-state index contributed by atoms with van der Waals surface area (Å²) in [5, 5.41) is 12.7. The molecule has 0 aliphatic rings. The minimum absolute atomic E-state index is 0.0514. The van der Waals surface area contributed by atoms with Crippen LogP contribution in [0.1, 0.15) is 48.8 Å². The summed E-state index contributed by atoms with van der Waals surface area (Å²) < 4.78 is 15.9. The lowest BCUT2D eigenvalue weighted by atomic mass is 9.86. The van der Waals surface area contributed by atoms with Crippen LogP contribution in [-0.4, -0.2) is 4.40 Å². The summed E-state index contributed by atoms with van der Waals surface area (Å²) in [6.45, 7) is 19.3. The lowest BCUT2D eigenvalue weighted by Gasteiger charge is -2.26. The zero-order valence-corrected chi connectivity index (χ0v) is 44.9. The van der Waals surface area contributed by atoms with Crippen molar-refractivity contribution in [3.05, 3.63) is 247 Å². The molecule has 4 heterocycles. The molecule has 0 saturated heterocycles. The highest BCUT2D eigenvalue weighted by Gasteiger charge is 2.25. The Morgan fingerprint density at radius 1 is 0.418 bits per heavy atom. The van der Waals surface area contributed by atoms with E-state index in [1.165, 1.54) is 71.2 Å². The Bertz CT molecular complexity index is 5020. The van der Waals surface area contributed by atoms with Crippen molar-refractivity contribution >= 4 is 139 Å². The molecule has 5 nitrogen and oxygen atoms in total. The van der Waals surface area contributed by atoms with Gasteiger partial charge < -0.3 is 23.0 Å². The van der Waals surface area contributed by atoms with Gasteiger partial charge in [-0.1, -0.05) is 143 Å². The van der Waals surface area contributed by atoms with Gasteiger partial charge in [0.25, 0.3) is 0 Å². The van der Waals surface area contributed by atoms with Crippen molar-refractivity contribution < 1.29 is 8.83 Å². The van der Waals surface area contributed by atoms with Crippen LogP contribution in [0.2, 0.25) is 0 Å². The molecular formula is C74H55N3O2. The summed E-state index contributed by atoms with van der Waals surface area (Å²) in [5.41, 5.74) is 19.3. The van der Waals surface area contributed by atoms with Gasteiger partial charge in [-0.25, -0.2) is 0 Å². The average molecular weight is 1020 g/mol. The third-order valence-electron chi connectivity index (χ3n) is 16.4. The quantitative estimate of drug-likeness (QED) is 0.144. The number of anilines is 6. The minimum Gasteiger partial charge on any atom is -0.454 e. The van der Waals surface area contributed by atoms with Crippen LogP contribution >= 0.6 is 0 Å². The highest BCUT2D eigenvalue weighted by Crippen LogP contribution is 2.48. The van der Waals surface area contributed by atoms with Crippen molar-refractivity contribution in [3.8, 4) is 11.1 Å². The van der Waals surface area contributed by atoms with Gasteiger partial charge in [-0.3, -0.25) is 0 Å². The van der Waals surface area contributed by atoms with E-state index in [-0.39, 0.29) is 5.41 Å². The second kappa shape index (κ2) is 17.3. The van der Waals surface area contributed by atoms with E-state index in [0.29, 0.717) is 5.76 Å². The molecule has 4 aromatic heterocycles. The molecule has 0 saturated carbocycles. The number of nitrogens with zero attached hydrogens (tertiary/aromatic N) is 3. The van der Waals surface area contributed by atoms with Gasteiger partial charge in [-0.05, 0) is 178 Å². The normalized spacial score (nSPS) is 12.2. The van der Waals surface area contributed by atoms with Crippen LogP contribution in [-0.2, 0) is 5.41 Å². The SMILES string of the molecule is C=Cc1oc2c(N(c3cccc(C)c3)c3ccc4cc5c6cc(-c7ccc(C(C)(C)C)cc7)cc7c8cc9ccc(N(c%10cccc(C)c%10)c%10cccc%11c%10oc%10ccccc%10%11)cc9cc8n(c5cc4c3)c67)cccc2c1C=C. The first-order valence-electron chi connectivity index (χ1n) is 27.2. The van der Waals surface area contributed by atoms with Crippen LogP contribution < -0.4 is 9.80 Å². The molecule has 5 heteroatoms. The Morgan fingerprint density at radius 3 is 1.51 bits per heavy atom. The predicted molar refractivity (Wildman–Crippen MR) is 336 cm³/mol. The first kappa shape index (κ1) is 46.5. The third kappa shape index (κ3) is 7.23. The highest BCUT2D eigenvalue weighted by molar-refractivity contribution is 6.27. The minimum atomic E-state index is 0.0514. The first-order valence-corrected chi connectivity index (χ1v) is 27.2. The van der Waals surface area contributed by atoms with E-state index in [9.17, 15) is 0 Å². The second-order valence-corrected chi connectivity index (χ2v) is 22.4. The van der Waals surface area contributed by atoms with Gasteiger partial charge in [0.05, 0.1) is 27.9 Å². The number of furan rings is 2. The fraction of sp³-hybridized carbons (Fsp3) is 0.0811. The maximum absolute atomic E-state index is 6.72. The number of hydrogen-bond acceptors (Lipinski definition) is 4. The number of fused-ring (bicyclic) bond motifs is 12.